The summed E-state index contributed by atoms with van der Waals surface area (Å²) < 4.78 is 4.66. The Bertz CT molecular complexity index is 3140. The molecule has 290 valence electrons. The number of hydrogen-bond donors (Lipinski definition) is 0. The quantitative estimate of drug-likeness (QED) is 0.161. The van der Waals surface area contributed by atoms with Crippen LogP contribution in [0.15, 0.2) is 218 Å². The van der Waals surface area contributed by atoms with E-state index in [4.69, 9.17) is 19.9 Å². The van der Waals surface area contributed by atoms with Crippen molar-refractivity contribution in [3.8, 4) is 68.1 Å². The van der Waals surface area contributed by atoms with Crippen LogP contribution in [0, 0.1) is 0 Å². The van der Waals surface area contributed by atoms with Gasteiger partial charge in [0, 0.05) is 43.8 Å². The number of benzene rings is 8. The fourth-order valence-electron chi connectivity index (χ4n) is 9.05. The van der Waals surface area contributed by atoms with E-state index in [9.17, 15) is 0 Å². The van der Waals surface area contributed by atoms with Crippen molar-refractivity contribution in [2.75, 3.05) is 0 Å². The van der Waals surface area contributed by atoms with Crippen LogP contribution in [-0.2, 0) is 0 Å². The van der Waals surface area contributed by atoms with Gasteiger partial charge < -0.3 is 9.13 Å². The molecule has 4 heterocycles. The lowest BCUT2D eigenvalue weighted by atomic mass is 10.0. The zero-order chi connectivity index (χ0) is 41.0. The second-order valence-corrected chi connectivity index (χ2v) is 15.4. The van der Waals surface area contributed by atoms with Crippen molar-refractivity contribution in [2.24, 2.45) is 0 Å². The minimum Gasteiger partial charge on any atom is -0.305 e. The first-order valence-corrected chi connectivity index (χ1v) is 20.8. The molecule has 8 aromatic carbocycles. The van der Waals surface area contributed by atoms with Gasteiger partial charge in [0.05, 0.1) is 56.2 Å². The second-order valence-electron chi connectivity index (χ2n) is 15.4. The molecule has 6 nitrogen and oxygen atoms in total. The molecule has 0 unspecified atom stereocenters. The number of aromatic nitrogens is 6. The molecule has 0 saturated heterocycles. The van der Waals surface area contributed by atoms with Crippen LogP contribution in [0.4, 0.5) is 0 Å². The van der Waals surface area contributed by atoms with E-state index < -0.39 is 0 Å². The fraction of sp³-hybridized carbons (Fsp3) is 0. The number of fused-ring (bicyclic) bond motifs is 6. The standard InChI is InChI=1S/C56H36N6/c1-5-21-37(22-6-1)49-53(61-45-33-17-13-29-41(45)42-30-14-18-34-46(42)61)50(38-23-7-2-8-24-38)58-55(57-49)56-59-51(39-25-9-3-10-26-39)54(52(60-56)40-27-11-4-12-28-40)62-47-35-19-15-31-43(47)44-32-16-20-36-48(44)62/h1-36H. The molecule has 62 heavy (non-hydrogen) atoms. The van der Waals surface area contributed by atoms with Crippen molar-refractivity contribution >= 4 is 43.6 Å². The summed E-state index contributed by atoms with van der Waals surface area (Å²) in [6.45, 7) is 0. The molecular formula is C56H36N6. The lowest BCUT2D eigenvalue weighted by Gasteiger charge is -2.21. The molecule has 0 aliphatic heterocycles. The zero-order valence-corrected chi connectivity index (χ0v) is 33.5. The van der Waals surface area contributed by atoms with Gasteiger partial charge in [0.1, 0.15) is 0 Å². The summed E-state index contributed by atoms with van der Waals surface area (Å²) in [5.41, 5.74) is 13.0. The summed E-state index contributed by atoms with van der Waals surface area (Å²) in [4.78, 5) is 22.3. The topological polar surface area (TPSA) is 61.4 Å². The molecule has 0 amide bonds. The Kier molecular flexibility index (Phi) is 8.38. The minimum absolute atomic E-state index is 0.426. The van der Waals surface area contributed by atoms with Crippen molar-refractivity contribution in [3.63, 3.8) is 0 Å². The monoisotopic (exact) mass is 792 g/mol. The molecule has 0 bridgehead atoms. The van der Waals surface area contributed by atoms with Crippen molar-refractivity contribution in [1.29, 1.82) is 0 Å². The van der Waals surface area contributed by atoms with E-state index >= 15 is 0 Å². The molecule has 0 N–H and O–H groups in total. The first-order chi connectivity index (χ1) is 30.8. The van der Waals surface area contributed by atoms with E-state index in [-0.39, 0.29) is 0 Å². The Morgan fingerprint density at radius 2 is 0.435 bits per heavy atom. The maximum atomic E-state index is 5.57. The molecule has 6 heteroatoms. The Hall–Kier alpha value is -8.48. The normalized spacial score (nSPS) is 11.5. The van der Waals surface area contributed by atoms with Crippen molar-refractivity contribution in [1.82, 2.24) is 29.1 Å². The predicted molar refractivity (Wildman–Crippen MR) is 253 cm³/mol. The van der Waals surface area contributed by atoms with Gasteiger partial charge in [0.2, 0.25) is 0 Å². The van der Waals surface area contributed by atoms with Crippen LogP contribution in [0.1, 0.15) is 0 Å². The lowest BCUT2D eigenvalue weighted by Crippen LogP contribution is -2.10. The van der Waals surface area contributed by atoms with Gasteiger partial charge in [-0.3, -0.25) is 0 Å². The summed E-state index contributed by atoms with van der Waals surface area (Å²) in [6, 6.07) is 75.9. The third-order valence-electron chi connectivity index (χ3n) is 11.8. The minimum atomic E-state index is 0.426. The Morgan fingerprint density at radius 3 is 0.677 bits per heavy atom. The lowest BCUT2D eigenvalue weighted by molar-refractivity contribution is 1.04. The first kappa shape index (κ1) is 35.5. The summed E-state index contributed by atoms with van der Waals surface area (Å²) in [5.74, 6) is 0.853. The average molecular weight is 793 g/mol. The number of hydrogen-bond acceptors (Lipinski definition) is 4. The van der Waals surface area contributed by atoms with E-state index in [1.54, 1.807) is 0 Å². The van der Waals surface area contributed by atoms with Gasteiger partial charge >= 0.3 is 0 Å². The molecule has 0 saturated carbocycles. The summed E-state index contributed by atoms with van der Waals surface area (Å²) in [7, 11) is 0. The molecule has 0 fully saturated rings. The molecule has 0 aliphatic rings. The highest BCUT2D eigenvalue weighted by atomic mass is 15.1. The van der Waals surface area contributed by atoms with Crippen molar-refractivity contribution in [3.05, 3.63) is 218 Å². The molecular weight excluding hydrogens is 757 g/mol. The molecule has 0 atom stereocenters. The first-order valence-electron chi connectivity index (χ1n) is 20.8. The zero-order valence-electron chi connectivity index (χ0n) is 33.5. The van der Waals surface area contributed by atoms with Gasteiger partial charge in [0.25, 0.3) is 0 Å². The van der Waals surface area contributed by atoms with Crippen molar-refractivity contribution in [2.45, 2.75) is 0 Å². The van der Waals surface area contributed by atoms with E-state index in [0.29, 0.717) is 11.6 Å². The second kappa shape index (κ2) is 14.7. The maximum absolute atomic E-state index is 5.57. The predicted octanol–water partition coefficient (Wildman–Crippen LogP) is 13.8. The maximum Gasteiger partial charge on any atom is 0.199 e. The number of rotatable bonds is 7. The number of para-hydroxylation sites is 4. The Balaban J connectivity index is 1.23. The molecule has 0 spiro atoms. The third kappa shape index (κ3) is 5.73. The summed E-state index contributed by atoms with van der Waals surface area (Å²) in [6.07, 6.45) is 0. The Morgan fingerprint density at radius 1 is 0.226 bits per heavy atom. The van der Waals surface area contributed by atoms with Crippen LogP contribution < -0.4 is 0 Å². The van der Waals surface area contributed by atoms with Gasteiger partial charge in [0.15, 0.2) is 11.6 Å². The van der Waals surface area contributed by atoms with Crippen molar-refractivity contribution < 1.29 is 0 Å². The average Bonchev–Trinajstić information content (AvgIpc) is 3.87. The SMILES string of the molecule is c1ccc(-c2nc(-c3nc(-c4ccccc4)c(-n4c5ccccc5c5ccccc54)c(-c4ccccc4)n3)nc(-c3ccccc3)c2-n2c3ccccc3c3ccccc32)cc1. The summed E-state index contributed by atoms with van der Waals surface area (Å²) in [5, 5.41) is 4.65. The van der Waals surface area contributed by atoms with E-state index in [1.165, 1.54) is 0 Å². The van der Waals surface area contributed by atoms with Crippen LogP contribution in [0.2, 0.25) is 0 Å². The molecule has 12 rings (SSSR count). The molecule has 4 aromatic heterocycles. The van der Waals surface area contributed by atoms with Gasteiger partial charge in [-0.05, 0) is 24.3 Å². The number of nitrogens with zero attached hydrogens (tertiary/aromatic N) is 6. The van der Waals surface area contributed by atoms with E-state index in [1.807, 2.05) is 24.3 Å². The van der Waals surface area contributed by atoms with Crippen LogP contribution in [0.3, 0.4) is 0 Å². The Labute approximate surface area is 357 Å². The van der Waals surface area contributed by atoms with Gasteiger partial charge in [-0.25, -0.2) is 19.9 Å². The highest BCUT2D eigenvalue weighted by Crippen LogP contribution is 2.43. The molecule has 0 aliphatic carbocycles. The van der Waals surface area contributed by atoms with Crippen LogP contribution in [-0.4, -0.2) is 29.1 Å². The fourth-order valence-corrected chi connectivity index (χ4v) is 9.05. The van der Waals surface area contributed by atoms with E-state index in [2.05, 4.69) is 203 Å². The van der Waals surface area contributed by atoms with Gasteiger partial charge in [-0.2, -0.15) is 0 Å². The highest BCUT2D eigenvalue weighted by Gasteiger charge is 2.28. The van der Waals surface area contributed by atoms with Crippen LogP contribution in [0.25, 0.3) is 112 Å². The van der Waals surface area contributed by atoms with Gasteiger partial charge in [-0.1, -0.05) is 194 Å². The van der Waals surface area contributed by atoms with E-state index in [0.717, 1.165) is 100 Å². The largest absolute Gasteiger partial charge is 0.305 e. The van der Waals surface area contributed by atoms with Crippen LogP contribution in [0.5, 0.6) is 0 Å². The third-order valence-corrected chi connectivity index (χ3v) is 11.8. The molecule has 0 radical (unpaired) electrons. The highest BCUT2D eigenvalue weighted by molar-refractivity contribution is 6.11. The summed E-state index contributed by atoms with van der Waals surface area (Å²) >= 11 is 0. The molecule has 12 aromatic rings. The van der Waals surface area contributed by atoms with Crippen LogP contribution >= 0.6 is 0 Å². The van der Waals surface area contributed by atoms with Gasteiger partial charge in [-0.15, -0.1) is 0 Å². The smallest absolute Gasteiger partial charge is 0.199 e.